The molecule has 2 aromatic heterocycles. The molecule has 1 aromatic carbocycles. The van der Waals surface area contributed by atoms with Crippen molar-refractivity contribution in [2.75, 3.05) is 37.3 Å². The quantitative estimate of drug-likeness (QED) is 0.669. The molecule has 0 spiro atoms. The summed E-state index contributed by atoms with van der Waals surface area (Å²) in [7, 11) is 0. The van der Waals surface area contributed by atoms with Gasteiger partial charge in [0.15, 0.2) is 5.58 Å². The van der Waals surface area contributed by atoms with Crippen molar-refractivity contribution in [2.45, 2.75) is 4.34 Å². The predicted molar refractivity (Wildman–Crippen MR) is 96.0 cm³/mol. The van der Waals surface area contributed by atoms with Gasteiger partial charge in [-0.15, -0.1) is 11.3 Å². The maximum Gasteiger partial charge on any atom is 0.298 e. The number of hydrogen-bond donors (Lipinski definition) is 0. The van der Waals surface area contributed by atoms with Crippen LogP contribution in [0.1, 0.15) is 10.5 Å². The van der Waals surface area contributed by atoms with Crippen LogP contribution in [0.2, 0.25) is 0 Å². The van der Waals surface area contributed by atoms with E-state index in [1.165, 1.54) is 11.3 Å². The molecule has 0 saturated carbocycles. The minimum atomic E-state index is 0.00349. The third-order valence-electron chi connectivity index (χ3n) is 4.00. The molecule has 0 bridgehead atoms. The molecule has 0 atom stereocenters. The highest BCUT2D eigenvalue weighted by molar-refractivity contribution is 8.00. The molecule has 6 nitrogen and oxygen atoms in total. The molecule has 0 N–H and O–H groups in total. The van der Waals surface area contributed by atoms with Gasteiger partial charge >= 0.3 is 0 Å². The fourth-order valence-corrected chi connectivity index (χ4v) is 3.94. The van der Waals surface area contributed by atoms with Gasteiger partial charge in [-0.2, -0.15) is 4.98 Å². The largest absolute Gasteiger partial charge is 0.423 e. The fourth-order valence-electron chi connectivity index (χ4n) is 2.71. The number of piperazine rings is 1. The highest BCUT2D eigenvalue weighted by Gasteiger charge is 2.26. The number of amides is 1. The molecule has 1 amide bonds. The van der Waals surface area contributed by atoms with Crippen molar-refractivity contribution in [2.24, 2.45) is 0 Å². The van der Waals surface area contributed by atoms with E-state index in [-0.39, 0.29) is 5.91 Å². The smallest absolute Gasteiger partial charge is 0.298 e. The first-order valence-corrected chi connectivity index (χ1v) is 9.74. The molecular formula is C16H16N4O2S2. The van der Waals surface area contributed by atoms with E-state index in [2.05, 4.69) is 14.9 Å². The number of anilines is 1. The van der Waals surface area contributed by atoms with E-state index in [4.69, 9.17) is 4.42 Å². The van der Waals surface area contributed by atoms with Gasteiger partial charge in [0.05, 0.1) is 0 Å². The summed E-state index contributed by atoms with van der Waals surface area (Å²) in [5, 5.41) is 1.83. The number of benzene rings is 1. The van der Waals surface area contributed by atoms with Gasteiger partial charge in [0.25, 0.3) is 11.9 Å². The van der Waals surface area contributed by atoms with Crippen LogP contribution in [0.5, 0.6) is 0 Å². The second-order valence-electron chi connectivity index (χ2n) is 5.45. The van der Waals surface area contributed by atoms with Gasteiger partial charge in [0.2, 0.25) is 0 Å². The van der Waals surface area contributed by atoms with Gasteiger partial charge < -0.3 is 14.2 Å². The van der Waals surface area contributed by atoms with Gasteiger partial charge in [0, 0.05) is 31.6 Å². The van der Waals surface area contributed by atoms with Crippen molar-refractivity contribution < 1.29 is 9.21 Å². The van der Waals surface area contributed by atoms with Crippen LogP contribution in [0.15, 0.2) is 38.4 Å². The molecule has 3 aromatic rings. The predicted octanol–water partition coefficient (Wildman–Crippen LogP) is 2.97. The molecule has 1 aliphatic rings. The van der Waals surface area contributed by atoms with E-state index in [0.717, 1.165) is 15.4 Å². The number of thioether (sulfide) groups is 1. The lowest BCUT2D eigenvalue weighted by molar-refractivity contribution is 0.0739. The van der Waals surface area contributed by atoms with E-state index in [1.807, 2.05) is 40.8 Å². The number of hydrogen-bond acceptors (Lipinski definition) is 7. The zero-order valence-corrected chi connectivity index (χ0v) is 14.8. The average molecular weight is 360 g/mol. The number of fused-ring (bicyclic) bond motifs is 1. The number of aromatic nitrogens is 2. The second-order valence-corrected chi connectivity index (χ2v) is 7.36. The topological polar surface area (TPSA) is 62.5 Å². The van der Waals surface area contributed by atoms with Crippen LogP contribution in [0, 0.1) is 0 Å². The molecule has 1 aliphatic heterocycles. The van der Waals surface area contributed by atoms with Crippen molar-refractivity contribution in [1.29, 1.82) is 0 Å². The molecule has 1 saturated heterocycles. The number of nitrogens with zero attached hydrogens (tertiary/aromatic N) is 4. The first kappa shape index (κ1) is 15.5. The maximum absolute atomic E-state index is 12.5. The zero-order valence-electron chi connectivity index (χ0n) is 13.1. The van der Waals surface area contributed by atoms with Crippen LogP contribution < -0.4 is 4.90 Å². The Hall–Kier alpha value is -2.06. The Bertz CT molecular complexity index is 835. The normalized spacial score (nSPS) is 15.2. The maximum atomic E-state index is 12.5. The lowest BCUT2D eigenvalue weighted by atomic mass is 10.3. The second kappa shape index (κ2) is 6.45. The fraction of sp³-hybridized carbons (Fsp3) is 0.312. The van der Waals surface area contributed by atoms with Gasteiger partial charge in [-0.3, -0.25) is 4.79 Å². The Balaban J connectivity index is 1.43. The summed E-state index contributed by atoms with van der Waals surface area (Å²) < 4.78 is 6.72. The van der Waals surface area contributed by atoms with Crippen molar-refractivity contribution in [3.63, 3.8) is 0 Å². The number of carbonyl (C=O) groups excluding carboxylic acids is 1. The molecule has 24 heavy (non-hydrogen) atoms. The first-order chi connectivity index (χ1) is 11.7. The lowest BCUT2D eigenvalue weighted by Gasteiger charge is -2.33. The third-order valence-corrected chi connectivity index (χ3v) is 5.86. The molecule has 4 rings (SSSR count). The number of rotatable bonds is 3. The number of oxazole rings is 1. The summed E-state index contributed by atoms with van der Waals surface area (Å²) in [4.78, 5) is 25.3. The standard InChI is InChI=1S/C16H16N4O2S2/c1-23-16-18-12(10-24-16)14(21)19-6-8-20(9-7-19)15-17-11-4-2-3-5-13(11)22-15/h2-5,10H,6-9H2,1H3. The Morgan fingerprint density at radius 1 is 1.21 bits per heavy atom. The summed E-state index contributed by atoms with van der Waals surface area (Å²) in [5.41, 5.74) is 2.19. The minimum Gasteiger partial charge on any atom is -0.423 e. The van der Waals surface area contributed by atoms with Crippen LogP contribution in [0.4, 0.5) is 6.01 Å². The van der Waals surface area contributed by atoms with E-state index in [9.17, 15) is 4.79 Å². The minimum absolute atomic E-state index is 0.00349. The number of thiazole rings is 1. The van der Waals surface area contributed by atoms with Gasteiger partial charge in [0.1, 0.15) is 15.6 Å². The number of carbonyl (C=O) groups is 1. The van der Waals surface area contributed by atoms with Gasteiger partial charge in [-0.1, -0.05) is 23.9 Å². The van der Waals surface area contributed by atoms with Crippen LogP contribution in [0.25, 0.3) is 11.1 Å². The van der Waals surface area contributed by atoms with Gasteiger partial charge in [-0.05, 0) is 18.4 Å². The summed E-state index contributed by atoms with van der Waals surface area (Å²) in [6, 6.07) is 8.36. The molecule has 124 valence electrons. The van der Waals surface area contributed by atoms with Crippen molar-refractivity contribution >= 4 is 46.1 Å². The average Bonchev–Trinajstić information content (AvgIpc) is 3.28. The van der Waals surface area contributed by atoms with E-state index in [1.54, 1.807) is 11.8 Å². The van der Waals surface area contributed by atoms with Crippen molar-refractivity contribution in [3.05, 3.63) is 35.3 Å². The van der Waals surface area contributed by atoms with Gasteiger partial charge in [-0.25, -0.2) is 4.98 Å². The molecular weight excluding hydrogens is 344 g/mol. The highest BCUT2D eigenvalue weighted by Crippen LogP contribution is 2.24. The Labute approximate surface area is 147 Å². The van der Waals surface area contributed by atoms with E-state index < -0.39 is 0 Å². The van der Waals surface area contributed by atoms with E-state index in [0.29, 0.717) is 37.9 Å². The molecule has 0 aliphatic carbocycles. The summed E-state index contributed by atoms with van der Waals surface area (Å²) in [5.74, 6) is 0.00349. The zero-order chi connectivity index (χ0) is 16.5. The molecule has 8 heteroatoms. The number of para-hydroxylation sites is 2. The Morgan fingerprint density at radius 3 is 2.71 bits per heavy atom. The van der Waals surface area contributed by atoms with Crippen LogP contribution in [0.3, 0.4) is 0 Å². The lowest BCUT2D eigenvalue weighted by Crippen LogP contribution is -2.49. The highest BCUT2D eigenvalue weighted by atomic mass is 32.2. The van der Waals surface area contributed by atoms with Crippen LogP contribution in [-0.2, 0) is 0 Å². The molecule has 3 heterocycles. The Morgan fingerprint density at radius 2 is 2.00 bits per heavy atom. The summed E-state index contributed by atoms with van der Waals surface area (Å²) in [6.45, 7) is 2.70. The SMILES string of the molecule is CSc1nc(C(=O)N2CCN(c3nc4ccccc4o3)CC2)cs1. The van der Waals surface area contributed by atoms with Crippen LogP contribution in [-0.4, -0.2) is 53.2 Å². The summed E-state index contributed by atoms with van der Waals surface area (Å²) >= 11 is 3.07. The van der Waals surface area contributed by atoms with Crippen molar-refractivity contribution in [3.8, 4) is 0 Å². The van der Waals surface area contributed by atoms with Crippen LogP contribution >= 0.6 is 23.1 Å². The summed E-state index contributed by atoms with van der Waals surface area (Å²) in [6.07, 6.45) is 1.96. The molecule has 0 radical (unpaired) electrons. The van der Waals surface area contributed by atoms with E-state index >= 15 is 0 Å². The van der Waals surface area contributed by atoms with Crippen molar-refractivity contribution in [1.82, 2.24) is 14.9 Å². The monoisotopic (exact) mass is 360 g/mol. The molecule has 1 fully saturated rings. The Kier molecular flexibility index (Phi) is 4.15. The first-order valence-electron chi connectivity index (χ1n) is 7.64. The molecule has 0 unspecified atom stereocenters. The third kappa shape index (κ3) is 2.87.